The largest absolute Gasteiger partial charge is 0.494 e. The molecule has 1 heterocycles. The third-order valence-electron chi connectivity index (χ3n) is 2.44. The van der Waals surface area contributed by atoms with Crippen LogP contribution in [0.2, 0.25) is 0 Å². The maximum absolute atomic E-state index is 12.1. The summed E-state index contributed by atoms with van der Waals surface area (Å²) in [4.78, 5) is 14.8. The standard InChI is InChI=1S/C13H11F3N2O2S/c1-2-20-9-5-3-8(4-6-9)10-7-21-12(17-10)18-11(19)13(14,15)16/h3-7H,2H2,1H3,(H,17,18,19). The van der Waals surface area contributed by atoms with Crippen molar-refractivity contribution in [2.75, 3.05) is 11.9 Å². The van der Waals surface area contributed by atoms with Gasteiger partial charge < -0.3 is 4.74 Å². The molecule has 0 radical (unpaired) electrons. The predicted molar refractivity (Wildman–Crippen MR) is 73.4 cm³/mol. The van der Waals surface area contributed by atoms with Gasteiger partial charge in [-0.15, -0.1) is 11.3 Å². The van der Waals surface area contributed by atoms with Gasteiger partial charge in [-0.05, 0) is 31.2 Å². The second-order valence-electron chi connectivity index (χ2n) is 3.95. The first kappa shape index (κ1) is 15.3. The van der Waals surface area contributed by atoms with Crippen LogP contribution in [0.25, 0.3) is 11.3 Å². The minimum Gasteiger partial charge on any atom is -0.494 e. The summed E-state index contributed by atoms with van der Waals surface area (Å²) in [6, 6.07) is 6.98. The second kappa shape index (κ2) is 6.13. The number of anilines is 1. The minimum atomic E-state index is -4.93. The van der Waals surface area contributed by atoms with E-state index in [0.717, 1.165) is 16.9 Å². The molecule has 0 aliphatic rings. The van der Waals surface area contributed by atoms with E-state index in [-0.39, 0.29) is 5.13 Å². The fourth-order valence-corrected chi connectivity index (χ4v) is 2.24. The molecule has 0 saturated carbocycles. The SMILES string of the molecule is CCOc1ccc(-c2csc(NC(=O)C(F)(F)F)n2)cc1. The average Bonchev–Trinajstić information content (AvgIpc) is 2.87. The summed E-state index contributed by atoms with van der Waals surface area (Å²) in [7, 11) is 0. The number of nitrogens with one attached hydrogen (secondary N) is 1. The predicted octanol–water partition coefficient (Wildman–Crippen LogP) is 3.71. The number of benzene rings is 1. The highest BCUT2D eigenvalue weighted by Crippen LogP contribution is 2.27. The molecular formula is C13H11F3N2O2S. The monoisotopic (exact) mass is 316 g/mol. The maximum Gasteiger partial charge on any atom is 0.471 e. The highest BCUT2D eigenvalue weighted by molar-refractivity contribution is 7.14. The second-order valence-corrected chi connectivity index (χ2v) is 4.81. The van der Waals surface area contributed by atoms with E-state index in [4.69, 9.17) is 4.74 Å². The van der Waals surface area contributed by atoms with E-state index in [1.165, 1.54) is 0 Å². The molecule has 0 aliphatic heterocycles. The van der Waals surface area contributed by atoms with Crippen LogP contribution < -0.4 is 10.1 Å². The molecule has 1 aromatic heterocycles. The number of carbonyl (C=O) groups is 1. The number of carbonyl (C=O) groups excluding carboxylic acids is 1. The van der Waals surface area contributed by atoms with Crippen molar-refractivity contribution in [3.63, 3.8) is 0 Å². The van der Waals surface area contributed by atoms with E-state index < -0.39 is 12.1 Å². The number of hydrogen-bond acceptors (Lipinski definition) is 4. The molecule has 0 spiro atoms. The Hall–Kier alpha value is -2.09. The van der Waals surface area contributed by atoms with Gasteiger partial charge in [0, 0.05) is 10.9 Å². The molecule has 0 unspecified atom stereocenters. The van der Waals surface area contributed by atoms with Crippen LogP contribution in [-0.4, -0.2) is 23.7 Å². The van der Waals surface area contributed by atoms with Gasteiger partial charge in [-0.2, -0.15) is 13.2 Å². The van der Waals surface area contributed by atoms with Crippen LogP contribution in [0, 0.1) is 0 Å². The number of halogens is 3. The maximum atomic E-state index is 12.1. The fourth-order valence-electron chi connectivity index (χ4n) is 1.52. The lowest BCUT2D eigenvalue weighted by Crippen LogP contribution is -2.29. The Morgan fingerprint density at radius 3 is 2.57 bits per heavy atom. The smallest absolute Gasteiger partial charge is 0.471 e. The molecule has 1 N–H and O–H groups in total. The Balaban J connectivity index is 2.10. The summed E-state index contributed by atoms with van der Waals surface area (Å²) in [5.41, 5.74) is 1.21. The molecule has 2 aromatic rings. The van der Waals surface area contributed by atoms with Crippen molar-refractivity contribution in [2.45, 2.75) is 13.1 Å². The number of ether oxygens (including phenoxy) is 1. The molecule has 1 amide bonds. The van der Waals surface area contributed by atoms with Gasteiger partial charge in [0.25, 0.3) is 0 Å². The number of hydrogen-bond donors (Lipinski definition) is 1. The van der Waals surface area contributed by atoms with Crippen molar-refractivity contribution in [1.29, 1.82) is 0 Å². The Labute approximate surface area is 122 Å². The lowest BCUT2D eigenvalue weighted by molar-refractivity contribution is -0.167. The summed E-state index contributed by atoms with van der Waals surface area (Å²) in [6.07, 6.45) is -4.93. The quantitative estimate of drug-likeness (QED) is 0.935. The number of amides is 1. The van der Waals surface area contributed by atoms with Gasteiger partial charge >= 0.3 is 12.1 Å². The molecule has 1 aromatic carbocycles. The summed E-state index contributed by atoms with van der Waals surface area (Å²) >= 11 is 0.929. The number of alkyl halides is 3. The molecule has 8 heteroatoms. The van der Waals surface area contributed by atoms with Crippen molar-refractivity contribution in [1.82, 2.24) is 4.98 Å². The first-order valence-electron chi connectivity index (χ1n) is 5.97. The van der Waals surface area contributed by atoms with Gasteiger partial charge in [0.1, 0.15) is 5.75 Å². The molecule has 0 atom stereocenters. The first-order valence-corrected chi connectivity index (χ1v) is 6.85. The molecule has 112 valence electrons. The number of rotatable bonds is 4. The fraction of sp³-hybridized carbons (Fsp3) is 0.231. The van der Waals surface area contributed by atoms with Crippen LogP contribution in [-0.2, 0) is 4.79 Å². The normalized spacial score (nSPS) is 11.2. The van der Waals surface area contributed by atoms with Crippen molar-refractivity contribution in [3.8, 4) is 17.0 Å². The van der Waals surface area contributed by atoms with Crippen LogP contribution in [0.4, 0.5) is 18.3 Å². The topological polar surface area (TPSA) is 51.2 Å². The lowest BCUT2D eigenvalue weighted by Gasteiger charge is -2.04. The minimum absolute atomic E-state index is 0.0961. The van der Waals surface area contributed by atoms with E-state index in [2.05, 4.69) is 4.98 Å². The third kappa shape index (κ3) is 3.94. The molecule has 0 bridgehead atoms. The van der Waals surface area contributed by atoms with E-state index >= 15 is 0 Å². The van der Waals surface area contributed by atoms with Crippen LogP contribution in [0.5, 0.6) is 5.75 Å². The molecule has 0 saturated heterocycles. The van der Waals surface area contributed by atoms with E-state index in [9.17, 15) is 18.0 Å². The summed E-state index contributed by atoms with van der Waals surface area (Å²) in [5, 5.41) is 3.20. The molecule has 0 aliphatic carbocycles. The summed E-state index contributed by atoms with van der Waals surface area (Å²) in [6.45, 7) is 2.41. The number of thiazole rings is 1. The van der Waals surface area contributed by atoms with Crippen molar-refractivity contribution in [3.05, 3.63) is 29.6 Å². The summed E-state index contributed by atoms with van der Waals surface area (Å²) < 4.78 is 41.7. The van der Waals surface area contributed by atoms with Crippen molar-refractivity contribution >= 4 is 22.4 Å². The molecule has 2 rings (SSSR count). The average molecular weight is 316 g/mol. The van der Waals surface area contributed by atoms with Crippen molar-refractivity contribution in [2.24, 2.45) is 0 Å². The van der Waals surface area contributed by atoms with Gasteiger partial charge in [-0.25, -0.2) is 4.98 Å². The van der Waals surface area contributed by atoms with Gasteiger partial charge in [-0.1, -0.05) is 0 Å². The zero-order valence-electron chi connectivity index (χ0n) is 10.9. The zero-order valence-corrected chi connectivity index (χ0v) is 11.7. The van der Waals surface area contributed by atoms with Crippen LogP contribution in [0.3, 0.4) is 0 Å². The highest BCUT2D eigenvalue weighted by Gasteiger charge is 2.39. The van der Waals surface area contributed by atoms with Crippen LogP contribution in [0.1, 0.15) is 6.92 Å². The molecular weight excluding hydrogens is 305 g/mol. The van der Waals surface area contributed by atoms with E-state index in [1.807, 2.05) is 6.92 Å². The Bertz CT molecular complexity index is 623. The summed E-state index contributed by atoms with van der Waals surface area (Å²) in [5.74, 6) is -1.34. The molecule has 21 heavy (non-hydrogen) atoms. The Kier molecular flexibility index (Phi) is 4.46. The zero-order chi connectivity index (χ0) is 15.5. The van der Waals surface area contributed by atoms with E-state index in [0.29, 0.717) is 18.1 Å². The Morgan fingerprint density at radius 1 is 1.33 bits per heavy atom. The van der Waals surface area contributed by atoms with Gasteiger partial charge in [-0.3, -0.25) is 10.1 Å². The van der Waals surface area contributed by atoms with Gasteiger partial charge in [0.05, 0.1) is 12.3 Å². The van der Waals surface area contributed by atoms with Gasteiger partial charge in [0.2, 0.25) is 0 Å². The van der Waals surface area contributed by atoms with Crippen LogP contribution >= 0.6 is 11.3 Å². The lowest BCUT2D eigenvalue weighted by atomic mass is 10.2. The molecule has 0 fully saturated rings. The van der Waals surface area contributed by atoms with E-state index in [1.54, 1.807) is 35.0 Å². The first-order chi connectivity index (χ1) is 9.90. The number of nitrogens with zero attached hydrogens (tertiary/aromatic N) is 1. The Morgan fingerprint density at radius 2 is 2.00 bits per heavy atom. The molecule has 4 nitrogen and oxygen atoms in total. The number of aromatic nitrogens is 1. The highest BCUT2D eigenvalue weighted by atomic mass is 32.1. The van der Waals surface area contributed by atoms with Gasteiger partial charge in [0.15, 0.2) is 5.13 Å². The third-order valence-corrected chi connectivity index (χ3v) is 3.20. The van der Waals surface area contributed by atoms with Crippen molar-refractivity contribution < 1.29 is 22.7 Å². The van der Waals surface area contributed by atoms with Crippen LogP contribution in [0.15, 0.2) is 29.6 Å².